The van der Waals surface area contributed by atoms with E-state index in [-0.39, 0.29) is 23.5 Å². The van der Waals surface area contributed by atoms with E-state index in [4.69, 9.17) is 9.47 Å². The fourth-order valence-electron chi connectivity index (χ4n) is 2.52. The lowest BCUT2D eigenvalue weighted by atomic mass is 10.1. The van der Waals surface area contributed by atoms with Crippen molar-refractivity contribution in [1.29, 1.82) is 0 Å². The molecule has 1 amide bonds. The highest BCUT2D eigenvalue weighted by molar-refractivity contribution is 8.77. The number of nitrogens with zero attached hydrogens (tertiary/aromatic N) is 1. The number of nitrogens with one attached hydrogen (secondary N) is 1. The monoisotopic (exact) mass is 414 g/mol. The van der Waals surface area contributed by atoms with Gasteiger partial charge in [0, 0.05) is 29.6 Å². The standard InChI is InChI=1S/C17H22N2O6S2/c1-24-15-7-6-12(19(22)23)10-14(15)18-16(20)11-25-17(21)5-3-2-4-13-8-9-26-27-13/h6-7,10,13H,2-5,8-9,11H2,1H3,(H,18,20)/t13-/m1/s1. The van der Waals surface area contributed by atoms with Crippen LogP contribution in [-0.4, -0.2) is 41.5 Å². The van der Waals surface area contributed by atoms with Gasteiger partial charge >= 0.3 is 5.97 Å². The number of amides is 1. The fraction of sp³-hybridized carbons (Fsp3) is 0.529. The van der Waals surface area contributed by atoms with Crippen LogP contribution in [0.4, 0.5) is 11.4 Å². The third-order valence-electron chi connectivity index (χ3n) is 3.92. The normalized spacial score (nSPS) is 16.0. The van der Waals surface area contributed by atoms with Gasteiger partial charge in [0.1, 0.15) is 5.75 Å². The molecule has 8 nitrogen and oxygen atoms in total. The van der Waals surface area contributed by atoms with Crippen LogP contribution in [0.25, 0.3) is 0 Å². The molecular formula is C17H22N2O6S2. The number of anilines is 1. The van der Waals surface area contributed by atoms with Gasteiger partial charge in [-0.2, -0.15) is 0 Å². The first-order chi connectivity index (χ1) is 13.0. The Bertz CT molecular complexity index is 679. The second-order valence-corrected chi connectivity index (χ2v) is 8.71. The second-order valence-electron chi connectivity index (χ2n) is 5.93. The quantitative estimate of drug-likeness (QED) is 0.202. The predicted molar refractivity (Wildman–Crippen MR) is 106 cm³/mol. The van der Waals surface area contributed by atoms with Crippen molar-refractivity contribution in [3.05, 3.63) is 28.3 Å². The highest BCUT2D eigenvalue weighted by atomic mass is 33.1. The van der Waals surface area contributed by atoms with E-state index in [0.29, 0.717) is 5.25 Å². The Morgan fingerprint density at radius 3 is 2.85 bits per heavy atom. The zero-order chi connectivity index (χ0) is 19.6. The minimum atomic E-state index is -0.582. The number of nitro benzene ring substituents is 1. The van der Waals surface area contributed by atoms with Crippen molar-refractivity contribution < 1.29 is 24.0 Å². The second kappa shape index (κ2) is 11.0. The van der Waals surface area contributed by atoms with Gasteiger partial charge in [0.15, 0.2) is 6.61 Å². The lowest BCUT2D eigenvalue weighted by molar-refractivity contribution is -0.384. The number of methoxy groups -OCH3 is 1. The van der Waals surface area contributed by atoms with E-state index in [0.717, 1.165) is 19.3 Å². The summed E-state index contributed by atoms with van der Waals surface area (Å²) in [5, 5.41) is 14.0. The van der Waals surface area contributed by atoms with E-state index in [9.17, 15) is 19.7 Å². The van der Waals surface area contributed by atoms with E-state index >= 15 is 0 Å². The Morgan fingerprint density at radius 1 is 1.37 bits per heavy atom. The Labute approximate surface area is 165 Å². The zero-order valence-electron chi connectivity index (χ0n) is 15.0. The summed E-state index contributed by atoms with van der Waals surface area (Å²) < 4.78 is 10.0. The summed E-state index contributed by atoms with van der Waals surface area (Å²) in [5.74, 6) is 0.469. The van der Waals surface area contributed by atoms with Gasteiger partial charge in [0.05, 0.1) is 17.7 Å². The summed E-state index contributed by atoms with van der Waals surface area (Å²) in [6.07, 6.45) is 4.29. The molecule has 1 aromatic rings. The highest BCUT2D eigenvalue weighted by Crippen LogP contribution is 2.39. The first-order valence-corrected chi connectivity index (χ1v) is 10.9. The molecule has 0 radical (unpaired) electrons. The zero-order valence-corrected chi connectivity index (χ0v) is 16.6. The molecule has 0 aliphatic carbocycles. The van der Waals surface area contributed by atoms with Gasteiger partial charge in [-0.1, -0.05) is 28.0 Å². The molecule has 0 saturated carbocycles. The summed E-state index contributed by atoms with van der Waals surface area (Å²) in [6, 6.07) is 3.86. The summed E-state index contributed by atoms with van der Waals surface area (Å²) >= 11 is 0. The maximum absolute atomic E-state index is 12.0. The van der Waals surface area contributed by atoms with Crippen molar-refractivity contribution >= 4 is 44.8 Å². The van der Waals surface area contributed by atoms with Gasteiger partial charge in [-0.3, -0.25) is 19.7 Å². The third-order valence-corrected chi connectivity index (χ3v) is 6.92. The molecule has 2 rings (SSSR count). The summed E-state index contributed by atoms with van der Waals surface area (Å²) in [7, 11) is 5.20. The molecule has 1 fully saturated rings. The number of hydrogen-bond acceptors (Lipinski definition) is 8. The third kappa shape index (κ3) is 7.30. The first kappa shape index (κ1) is 21.4. The van der Waals surface area contributed by atoms with Gasteiger partial charge in [-0.05, 0) is 25.3 Å². The number of benzene rings is 1. The molecule has 27 heavy (non-hydrogen) atoms. The molecule has 0 bridgehead atoms. The predicted octanol–water partition coefficient (Wildman–Crippen LogP) is 3.80. The molecular weight excluding hydrogens is 392 g/mol. The van der Waals surface area contributed by atoms with Crippen molar-refractivity contribution in [3.8, 4) is 5.75 Å². The van der Waals surface area contributed by atoms with Crippen LogP contribution in [0.1, 0.15) is 32.1 Å². The SMILES string of the molecule is COc1ccc([N+](=O)[O-])cc1NC(=O)COC(=O)CCCC[C@@H]1CCSS1. The van der Waals surface area contributed by atoms with Crippen molar-refractivity contribution in [2.75, 3.05) is 24.8 Å². The number of hydrogen-bond donors (Lipinski definition) is 1. The largest absolute Gasteiger partial charge is 0.495 e. The molecule has 1 aliphatic heterocycles. The molecule has 10 heteroatoms. The Balaban J connectivity index is 1.71. The molecule has 148 valence electrons. The molecule has 0 spiro atoms. The Morgan fingerprint density at radius 2 is 2.19 bits per heavy atom. The molecule has 1 saturated heterocycles. The summed E-state index contributed by atoms with van der Waals surface area (Å²) in [4.78, 5) is 34.0. The molecule has 1 aliphatic rings. The fourth-order valence-corrected chi connectivity index (χ4v) is 5.55. The van der Waals surface area contributed by atoms with Crippen LogP contribution >= 0.6 is 21.6 Å². The smallest absolute Gasteiger partial charge is 0.306 e. The minimum Gasteiger partial charge on any atom is -0.495 e. The number of rotatable bonds is 10. The molecule has 1 heterocycles. The van der Waals surface area contributed by atoms with Gasteiger partial charge < -0.3 is 14.8 Å². The van der Waals surface area contributed by atoms with Gasteiger partial charge in [0.25, 0.3) is 11.6 Å². The number of nitro groups is 1. The number of esters is 1. The number of non-ortho nitro benzene ring substituents is 1. The van der Waals surface area contributed by atoms with Crippen LogP contribution in [-0.2, 0) is 14.3 Å². The molecule has 0 aromatic heterocycles. The molecule has 1 atom stereocenters. The first-order valence-electron chi connectivity index (χ1n) is 8.55. The van der Waals surface area contributed by atoms with E-state index in [1.165, 1.54) is 37.5 Å². The van der Waals surface area contributed by atoms with Crippen molar-refractivity contribution in [1.82, 2.24) is 0 Å². The van der Waals surface area contributed by atoms with Crippen molar-refractivity contribution in [2.45, 2.75) is 37.4 Å². The van der Waals surface area contributed by atoms with Crippen LogP contribution < -0.4 is 10.1 Å². The van der Waals surface area contributed by atoms with E-state index in [1.54, 1.807) is 0 Å². The maximum atomic E-state index is 12.0. The van der Waals surface area contributed by atoms with Crippen LogP contribution in [0.5, 0.6) is 5.75 Å². The number of carbonyl (C=O) groups excluding carboxylic acids is 2. The highest BCUT2D eigenvalue weighted by Gasteiger charge is 2.17. The van der Waals surface area contributed by atoms with Crippen molar-refractivity contribution in [3.63, 3.8) is 0 Å². The molecule has 0 unspecified atom stereocenters. The lowest BCUT2D eigenvalue weighted by Gasteiger charge is -2.10. The topological polar surface area (TPSA) is 108 Å². The summed E-state index contributed by atoms with van der Waals surface area (Å²) in [6.45, 7) is -0.445. The lowest BCUT2D eigenvalue weighted by Crippen LogP contribution is -2.21. The number of ether oxygens (including phenoxy) is 2. The molecule has 1 N–H and O–H groups in total. The Hall–Kier alpha value is -1.94. The van der Waals surface area contributed by atoms with Gasteiger partial charge in [-0.15, -0.1) is 0 Å². The van der Waals surface area contributed by atoms with Gasteiger partial charge in [-0.25, -0.2) is 0 Å². The van der Waals surface area contributed by atoms with E-state index < -0.39 is 23.4 Å². The minimum absolute atomic E-state index is 0.152. The molecule has 1 aromatic carbocycles. The van der Waals surface area contributed by atoms with Crippen LogP contribution in [0, 0.1) is 10.1 Å². The van der Waals surface area contributed by atoms with E-state index in [1.807, 2.05) is 21.6 Å². The van der Waals surface area contributed by atoms with E-state index in [2.05, 4.69) is 5.32 Å². The number of carbonyl (C=O) groups is 2. The average Bonchev–Trinajstić information content (AvgIpc) is 3.17. The van der Waals surface area contributed by atoms with Gasteiger partial charge in [0.2, 0.25) is 0 Å². The summed E-state index contributed by atoms with van der Waals surface area (Å²) in [5.41, 5.74) is -0.0263. The number of unbranched alkanes of at least 4 members (excludes halogenated alkanes) is 1. The Kier molecular flexibility index (Phi) is 8.73. The van der Waals surface area contributed by atoms with Crippen LogP contribution in [0.2, 0.25) is 0 Å². The maximum Gasteiger partial charge on any atom is 0.306 e. The van der Waals surface area contributed by atoms with Crippen LogP contribution in [0.15, 0.2) is 18.2 Å². The van der Waals surface area contributed by atoms with Crippen molar-refractivity contribution in [2.24, 2.45) is 0 Å². The average molecular weight is 415 g/mol. The van der Waals surface area contributed by atoms with Crippen LogP contribution in [0.3, 0.4) is 0 Å².